The van der Waals surface area contributed by atoms with E-state index in [4.69, 9.17) is 20.4 Å². The summed E-state index contributed by atoms with van der Waals surface area (Å²) in [5, 5.41) is 45.0. The van der Waals surface area contributed by atoms with Crippen LogP contribution in [0.3, 0.4) is 0 Å². The maximum Gasteiger partial charge on any atom is 0.218 e. The van der Waals surface area contributed by atoms with E-state index in [1.165, 1.54) is 0 Å². The molecule has 0 bridgehead atoms. The molecule has 1 aliphatic rings. The van der Waals surface area contributed by atoms with Crippen LogP contribution in [0.4, 0.5) is 0 Å². The van der Waals surface area contributed by atoms with Gasteiger partial charge in [-0.3, -0.25) is 0 Å². The smallest absolute Gasteiger partial charge is 0.218 e. The Morgan fingerprint density at radius 2 is 1.92 bits per heavy atom. The molecule has 0 aromatic heterocycles. The Morgan fingerprint density at radius 1 is 1.33 bits per heavy atom. The molecule has 1 heterocycles. The summed E-state index contributed by atoms with van der Waals surface area (Å²) in [7, 11) is 0. The van der Waals surface area contributed by atoms with E-state index in [0.29, 0.717) is 0 Å². The molecule has 0 spiro atoms. The molecule has 0 saturated carbocycles. The van der Waals surface area contributed by atoms with E-state index in [1.807, 2.05) is 0 Å². The predicted octanol–water partition coefficient (Wildman–Crippen LogP) is -3.22. The minimum absolute atomic E-state index is 0.324. The first-order chi connectivity index (χ1) is 5.51. The number of hydrogen-bond donors (Lipinski definition) is 5. The van der Waals surface area contributed by atoms with Crippen molar-refractivity contribution < 1.29 is 30.3 Å². The van der Waals surface area contributed by atoms with Crippen LogP contribution in [-0.4, -0.2) is 62.8 Å². The molecule has 6 nitrogen and oxygen atoms in total. The minimum Gasteiger partial charge on any atom is -0.391 e. The van der Waals surface area contributed by atoms with Crippen molar-refractivity contribution in [1.29, 1.82) is 0 Å². The molecule has 0 radical (unpaired) electrons. The van der Waals surface area contributed by atoms with E-state index in [2.05, 4.69) is 4.74 Å². The Morgan fingerprint density at radius 3 is 2.42 bits per heavy atom. The molecule has 1 unspecified atom stereocenters. The van der Waals surface area contributed by atoms with Gasteiger partial charge in [0.2, 0.25) is 5.79 Å². The van der Waals surface area contributed by atoms with Crippen LogP contribution < -0.4 is 0 Å². The molecule has 1 fully saturated rings. The summed E-state index contributed by atoms with van der Waals surface area (Å²) in [5.41, 5.74) is 0. The Bertz CT molecular complexity index is 162. The van der Waals surface area contributed by atoms with Crippen molar-refractivity contribution in [1.82, 2.24) is 0 Å². The zero-order valence-corrected chi connectivity index (χ0v) is 6.29. The fourth-order valence-electron chi connectivity index (χ4n) is 1.03. The van der Waals surface area contributed by atoms with Crippen molar-refractivity contribution >= 4 is 0 Å². The second kappa shape index (κ2) is 3.25. The van der Waals surface area contributed by atoms with Gasteiger partial charge < -0.3 is 30.3 Å². The van der Waals surface area contributed by atoms with Gasteiger partial charge in [-0.2, -0.15) is 0 Å². The van der Waals surface area contributed by atoms with Crippen molar-refractivity contribution in [3.05, 3.63) is 0 Å². The maximum absolute atomic E-state index is 9.24. The van der Waals surface area contributed by atoms with E-state index in [1.54, 1.807) is 0 Å². The lowest BCUT2D eigenvalue weighted by molar-refractivity contribution is -0.331. The lowest BCUT2D eigenvalue weighted by atomic mass is 9.98. The first kappa shape index (κ1) is 9.85. The van der Waals surface area contributed by atoms with Crippen LogP contribution in [0, 0.1) is 0 Å². The third-order valence-electron chi connectivity index (χ3n) is 1.91. The summed E-state index contributed by atoms with van der Waals surface area (Å²) in [4.78, 5) is 0. The number of hydrogen-bond acceptors (Lipinski definition) is 6. The highest BCUT2D eigenvalue weighted by Gasteiger charge is 2.47. The molecule has 5 N–H and O–H groups in total. The van der Waals surface area contributed by atoms with Gasteiger partial charge in [0.1, 0.15) is 18.3 Å². The average molecular weight is 180 g/mol. The Labute approximate surface area is 68.6 Å². The molecule has 0 amide bonds. The van der Waals surface area contributed by atoms with Gasteiger partial charge in [-0.25, -0.2) is 0 Å². The molecule has 72 valence electrons. The Balaban J connectivity index is 2.71. The van der Waals surface area contributed by atoms with Crippen molar-refractivity contribution in [2.24, 2.45) is 0 Å². The summed E-state index contributed by atoms with van der Waals surface area (Å²) in [5.74, 6) is -2.17. The normalized spacial score (nSPS) is 49.2. The number of ether oxygens (including phenoxy) is 1. The zero-order chi connectivity index (χ0) is 9.35. The summed E-state index contributed by atoms with van der Waals surface area (Å²) >= 11 is 0. The van der Waals surface area contributed by atoms with Crippen LogP contribution in [0.25, 0.3) is 0 Å². The van der Waals surface area contributed by atoms with Crippen LogP contribution in [0.15, 0.2) is 0 Å². The van der Waals surface area contributed by atoms with Crippen molar-refractivity contribution in [3.8, 4) is 0 Å². The van der Waals surface area contributed by atoms with E-state index in [0.717, 1.165) is 0 Å². The van der Waals surface area contributed by atoms with Crippen molar-refractivity contribution in [2.75, 3.05) is 13.2 Å². The van der Waals surface area contributed by atoms with Crippen molar-refractivity contribution in [3.63, 3.8) is 0 Å². The number of aliphatic hydroxyl groups excluding tert-OH is 4. The summed E-state index contributed by atoms with van der Waals surface area (Å²) in [6, 6.07) is 0. The molecule has 1 saturated heterocycles. The lowest BCUT2D eigenvalue weighted by Gasteiger charge is -2.40. The largest absolute Gasteiger partial charge is 0.391 e. The molecule has 0 aliphatic carbocycles. The second-order valence-electron chi connectivity index (χ2n) is 2.82. The molecule has 4 atom stereocenters. The standard InChI is InChI=1S/C6H12O6/c7-2-6(11)5(10)4(9)3(8)1-12-6/h3-5,7-11H,1-2H2/t3-,4+,5-,6?/m1/s1. The van der Waals surface area contributed by atoms with Gasteiger partial charge in [-0.1, -0.05) is 0 Å². The SMILES string of the molecule is OCC1(O)OC[C@@H](O)[C@H](O)[C@H]1O. The van der Waals surface area contributed by atoms with Gasteiger partial charge in [-0.05, 0) is 0 Å². The van der Waals surface area contributed by atoms with E-state index in [-0.39, 0.29) is 6.61 Å². The van der Waals surface area contributed by atoms with Crippen LogP contribution in [-0.2, 0) is 4.74 Å². The molecule has 1 rings (SSSR count). The van der Waals surface area contributed by atoms with Gasteiger partial charge in [0.15, 0.2) is 0 Å². The molecule has 6 heteroatoms. The van der Waals surface area contributed by atoms with Gasteiger partial charge in [0, 0.05) is 0 Å². The fourth-order valence-corrected chi connectivity index (χ4v) is 1.03. The lowest BCUT2D eigenvalue weighted by Crippen LogP contribution is -2.62. The fraction of sp³-hybridized carbons (Fsp3) is 1.00. The Hall–Kier alpha value is -0.240. The molecular formula is C6H12O6. The van der Waals surface area contributed by atoms with Gasteiger partial charge >= 0.3 is 0 Å². The van der Waals surface area contributed by atoms with Gasteiger partial charge in [0.05, 0.1) is 13.2 Å². The highest BCUT2D eigenvalue weighted by Crippen LogP contribution is 2.22. The highest BCUT2D eigenvalue weighted by atomic mass is 16.7. The summed E-state index contributed by atoms with van der Waals surface area (Å²) < 4.78 is 4.56. The quantitative estimate of drug-likeness (QED) is 0.290. The van der Waals surface area contributed by atoms with E-state index >= 15 is 0 Å². The Kier molecular flexibility index (Phi) is 2.67. The predicted molar refractivity (Wildman–Crippen MR) is 36.0 cm³/mol. The van der Waals surface area contributed by atoms with E-state index in [9.17, 15) is 5.11 Å². The van der Waals surface area contributed by atoms with Crippen LogP contribution in [0.5, 0.6) is 0 Å². The summed E-state index contributed by atoms with van der Waals surface area (Å²) in [6.07, 6.45) is -4.45. The van der Waals surface area contributed by atoms with Gasteiger partial charge in [0.25, 0.3) is 0 Å². The van der Waals surface area contributed by atoms with Gasteiger partial charge in [-0.15, -0.1) is 0 Å². The number of rotatable bonds is 1. The molecule has 0 aromatic rings. The molecule has 12 heavy (non-hydrogen) atoms. The highest BCUT2D eigenvalue weighted by molar-refractivity contribution is 4.90. The van der Waals surface area contributed by atoms with Crippen LogP contribution >= 0.6 is 0 Å². The number of aliphatic hydroxyl groups is 5. The monoisotopic (exact) mass is 180 g/mol. The topological polar surface area (TPSA) is 110 Å². The maximum atomic E-state index is 9.24. The van der Waals surface area contributed by atoms with Crippen LogP contribution in [0.2, 0.25) is 0 Å². The zero-order valence-electron chi connectivity index (χ0n) is 6.29. The average Bonchev–Trinajstić information content (AvgIpc) is 2.09. The second-order valence-corrected chi connectivity index (χ2v) is 2.82. The first-order valence-electron chi connectivity index (χ1n) is 3.52. The molecular weight excluding hydrogens is 168 g/mol. The van der Waals surface area contributed by atoms with E-state index < -0.39 is 30.7 Å². The third-order valence-corrected chi connectivity index (χ3v) is 1.91. The first-order valence-corrected chi connectivity index (χ1v) is 3.52. The molecule has 1 aliphatic heterocycles. The van der Waals surface area contributed by atoms with Crippen LogP contribution in [0.1, 0.15) is 0 Å². The third kappa shape index (κ3) is 1.45. The van der Waals surface area contributed by atoms with Crippen molar-refractivity contribution in [2.45, 2.75) is 24.1 Å². The molecule has 0 aromatic carbocycles. The summed E-state index contributed by atoms with van der Waals surface area (Å²) in [6.45, 7) is -1.16. The minimum atomic E-state index is -2.17.